The minimum atomic E-state index is 0.359. The van der Waals surface area contributed by atoms with E-state index >= 15 is 0 Å². The smallest absolute Gasteiger partial charge is 0.0334 e. The molecule has 3 rings (SSSR count). The zero-order chi connectivity index (χ0) is 13.3. The lowest BCUT2D eigenvalue weighted by Crippen LogP contribution is -2.59. The Bertz CT molecular complexity index is 298. The van der Waals surface area contributed by atoms with Crippen LogP contribution in [0.2, 0.25) is 0 Å². The highest BCUT2D eigenvalue weighted by atomic mass is 15.2. The Balaban J connectivity index is 1.65. The third-order valence-electron chi connectivity index (χ3n) is 6.61. The molecule has 3 aliphatic rings. The van der Waals surface area contributed by atoms with Crippen LogP contribution in [0.1, 0.15) is 71.1 Å². The molecule has 1 heterocycles. The van der Waals surface area contributed by atoms with Crippen LogP contribution in [0.5, 0.6) is 0 Å². The Hall–Kier alpha value is -0.0800. The molecule has 2 unspecified atom stereocenters. The average Bonchev–Trinajstić information content (AvgIpc) is 2.88. The van der Waals surface area contributed by atoms with Gasteiger partial charge in [-0.25, -0.2) is 0 Å². The van der Waals surface area contributed by atoms with Crippen molar-refractivity contribution in [3.05, 3.63) is 0 Å². The molecule has 2 aliphatic carbocycles. The third-order valence-corrected chi connectivity index (χ3v) is 6.61. The van der Waals surface area contributed by atoms with Gasteiger partial charge in [-0.05, 0) is 62.9 Å². The zero-order valence-corrected chi connectivity index (χ0v) is 12.8. The monoisotopic (exact) mass is 264 g/mol. The minimum Gasteiger partial charge on any atom is -0.329 e. The van der Waals surface area contributed by atoms with Gasteiger partial charge in [-0.2, -0.15) is 0 Å². The summed E-state index contributed by atoms with van der Waals surface area (Å²) in [5.41, 5.74) is 7.34. The van der Waals surface area contributed by atoms with Gasteiger partial charge in [-0.1, -0.05) is 32.6 Å². The van der Waals surface area contributed by atoms with Crippen LogP contribution in [0.15, 0.2) is 0 Å². The van der Waals surface area contributed by atoms with Gasteiger partial charge in [0, 0.05) is 12.1 Å². The molecule has 0 aromatic rings. The van der Waals surface area contributed by atoms with Gasteiger partial charge in [0.25, 0.3) is 0 Å². The van der Waals surface area contributed by atoms with E-state index in [9.17, 15) is 0 Å². The van der Waals surface area contributed by atoms with E-state index in [0.717, 1.165) is 17.9 Å². The maximum absolute atomic E-state index is 6.23. The number of nitrogens with zero attached hydrogens (tertiary/aromatic N) is 1. The van der Waals surface area contributed by atoms with Gasteiger partial charge in [0.05, 0.1) is 0 Å². The number of rotatable bonds is 2. The molecule has 2 N–H and O–H groups in total. The highest BCUT2D eigenvalue weighted by Gasteiger charge is 2.44. The Labute approximate surface area is 119 Å². The molecule has 19 heavy (non-hydrogen) atoms. The van der Waals surface area contributed by atoms with E-state index in [0.29, 0.717) is 5.54 Å². The lowest BCUT2D eigenvalue weighted by molar-refractivity contribution is -0.00946. The van der Waals surface area contributed by atoms with Crippen LogP contribution in [0.3, 0.4) is 0 Å². The second-order valence-corrected chi connectivity index (χ2v) is 7.82. The van der Waals surface area contributed by atoms with E-state index in [-0.39, 0.29) is 0 Å². The van der Waals surface area contributed by atoms with Crippen LogP contribution in [0, 0.1) is 11.3 Å². The van der Waals surface area contributed by atoms with E-state index in [4.69, 9.17) is 5.73 Å². The Morgan fingerprint density at radius 1 is 1.00 bits per heavy atom. The third kappa shape index (κ3) is 2.58. The highest BCUT2D eigenvalue weighted by molar-refractivity contribution is 5.00. The van der Waals surface area contributed by atoms with E-state index in [1.165, 1.54) is 77.3 Å². The van der Waals surface area contributed by atoms with Crippen molar-refractivity contribution < 1.29 is 0 Å². The van der Waals surface area contributed by atoms with Gasteiger partial charge in [0.1, 0.15) is 0 Å². The maximum atomic E-state index is 6.23. The van der Waals surface area contributed by atoms with Gasteiger partial charge < -0.3 is 5.73 Å². The van der Waals surface area contributed by atoms with Crippen LogP contribution in [-0.4, -0.2) is 30.1 Å². The standard InChI is InChI=1S/C17H32N2/c1-15-5-4-8-17(13-15,14-18)19-11-9-16(10-12-19)6-2-3-7-16/h15H,2-14,18H2,1H3. The van der Waals surface area contributed by atoms with Crippen molar-refractivity contribution >= 4 is 0 Å². The molecule has 1 spiro atoms. The molecule has 1 aliphatic heterocycles. The molecule has 0 amide bonds. The van der Waals surface area contributed by atoms with Gasteiger partial charge >= 0.3 is 0 Å². The number of piperidine rings is 1. The molecule has 0 bridgehead atoms. The van der Waals surface area contributed by atoms with Crippen molar-refractivity contribution in [3.8, 4) is 0 Å². The van der Waals surface area contributed by atoms with Gasteiger partial charge in [-0.15, -0.1) is 0 Å². The molecule has 2 nitrogen and oxygen atoms in total. The normalized spacial score (nSPS) is 39.8. The van der Waals surface area contributed by atoms with Crippen LogP contribution in [0.25, 0.3) is 0 Å². The first kappa shape index (κ1) is 13.9. The lowest BCUT2D eigenvalue weighted by Gasteiger charge is -2.52. The summed E-state index contributed by atoms with van der Waals surface area (Å²) in [6.45, 7) is 5.95. The molecule has 0 aromatic carbocycles. The first-order chi connectivity index (χ1) is 9.18. The number of hydrogen-bond acceptors (Lipinski definition) is 2. The summed E-state index contributed by atoms with van der Waals surface area (Å²) in [6.07, 6.45) is 14.4. The van der Waals surface area contributed by atoms with Gasteiger partial charge in [-0.3, -0.25) is 4.90 Å². The van der Waals surface area contributed by atoms with E-state index in [1.54, 1.807) is 0 Å². The number of likely N-dealkylation sites (tertiary alicyclic amines) is 1. The summed E-state index contributed by atoms with van der Waals surface area (Å²) in [4.78, 5) is 2.80. The first-order valence-corrected chi connectivity index (χ1v) is 8.63. The summed E-state index contributed by atoms with van der Waals surface area (Å²) in [5.74, 6) is 0.875. The summed E-state index contributed by atoms with van der Waals surface area (Å²) >= 11 is 0. The van der Waals surface area contributed by atoms with Crippen molar-refractivity contribution in [1.82, 2.24) is 4.90 Å². The quantitative estimate of drug-likeness (QED) is 0.826. The molecule has 2 atom stereocenters. The van der Waals surface area contributed by atoms with Crippen molar-refractivity contribution in [3.63, 3.8) is 0 Å². The van der Waals surface area contributed by atoms with Crippen molar-refractivity contribution in [2.24, 2.45) is 17.1 Å². The SMILES string of the molecule is CC1CCCC(CN)(N2CCC3(CCCC3)CC2)C1. The maximum Gasteiger partial charge on any atom is 0.0334 e. The molecule has 1 saturated heterocycles. The van der Waals surface area contributed by atoms with E-state index in [1.807, 2.05) is 0 Å². The summed E-state index contributed by atoms with van der Waals surface area (Å²) in [7, 11) is 0. The van der Waals surface area contributed by atoms with Crippen molar-refractivity contribution in [2.45, 2.75) is 76.7 Å². The molecule has 0 radical (unpaired) electrons. The van der Waals surface area contributed by atoms with E-state index in [2.05, 4.69) is 11.8 Å². The Morgan fingerprint density at radius 3 is 2.26 bits per heavy atom. The molecular weight excluding hydrogens is 232 g/mol. The van der Waals surface area contributed by atoms with Gasteiger partial charge in [0.2, 0.25) is 0 Å². The molecular formula is C17H32N2. The van der Waals surface area contributed by atoms with Crippen LogP contribution >= 0.6 is 0 Å². The minimum absolute atomic E-state index is 0.359. The summed E-state index contributed by atoms with van der Waals surface area (Å²) < 4.78 is 0. The molecule has 3 fully saturated rings. The average molecular weight is 264 g/mol. The molecule has 0 aromatic heterocycles. The van der Waals surface area contributed by atoms with Gasteiger partial charge in [0.15, 0.2) is 0 Å². The fourth-order valence-electron chi connectivity index (χ4n) is 5.31. The van der Waals surface area contributed by atoms with Crippen molar-refractivity contribution in [2.75, 3.05) is 19.6 Å². The van der Waals surface area contributed by atoms with Crippen LogP contribution < -0.4 is 5.73 Å². The van der Waals surface area contributed by atoms with Crippen LogP contribution in [-0.2, 0) is 0 Å². The molecule has 2 heteroatoms. The Morgan fingerprint density at radius 2 is 1.68 bits per heavy atom. The second-order valence-electron chi connectivity index (χ2n) is 7.82. The van der Waals surface area contributed by atoms with E-state index < -0.39 is 0 Å². The fourth-order valence-corrected chi connectivity index (χ4v) is 5.31. The fraction of sp³-hybridized carbons (Fsp3) is 1.00. The highest BCUT2D eigenvalue weighted by Crippen LogP contribution is 2.48. The van der Waals surface area contributed by atoms with Crippen LogP contribution in [0.4, 0.5) is 0 Å². The zero-order valence-electron chi connectivity index (χ0n) is 12.8. The predicted molar refractivity (Wildman–Crippen MR) is 81.1 cm³/mol. The largest absolute Gasteiger partial charge is 0.329 e. The summed E-state index contributed by atoms with van der Waals surface area (Å²) in [5, 5.41) is 0. The first-order valence-electron chi connectivity index (χ1n) is 8.63. The molecule has 2 saturated carbocycles. The Kier molecular flexibility index (Phi) is 3.92. The summed E-state index contributed by atoms with van der Waals surface area (Å²) in [6, 6.07) is 0. The number of hydrogen-bond donors (Lipinski definition) is 1. The predicted octanol–water partition coefficient (Wildman–Crippen LogP) is 3.55. The van der Waals surface area contributed by atoms with Crippen molar-refractivity contribution in [1.29, 1.82) is 0 Å². The molecule has 110 valence electrons. The second kappa shape index (κ2) is 5.37. The number of nitrogens with two attached hydrogens (primary N) is 1. The topological polar surface area (TPSA) is 29.3 Å². The lowest BCUT2D eigenvalue weighted by atomic mass is 9.71.